The van der Waals surface area contributed by atoms with E-state index in [0.717, 1.165) is 27.4 Å². The zero-order valence-corrected chi connectivity index (χ0v) is 25.6. The number of methoxy groups -OCH3 is 1. The van der Waals surface area contributed by atoms with Gasteiger partial charge in [-0.2, -0.15) is 0 Å². The van der Waals surface area contributed by atoms with Gasteiger partial charge in [0.1, 0.15) is 18.3 Å². The summed E-state index contributed by atoms with van der Waals surface area (Å²) < 4.78 is 34.5. The van der Waals surface area contributed by atoms with Crippen LogP contribution in [0.15, 0.2) is 77.7 Å². The van der Waals surface area contributed by atoms with Crippen LogP contribution in [0.25, 0.3) is 0 Å². The number of ether oxygens (including phenoxy) is 1. The molecule has 220 valence electrons. The Morgan fingerprint density at radius 1 is 0.927 bits per heavy atom. The lowest BCUT2D eigenvalue weighted by molar-refractivity contribution is -0.140. The molecule has 0 aromatic heterocycles. The molecule has 3 aromatic rings. The Morgan fingerprint density at radius 3 is 2.22 bits per heavy atom. The van der Waals surface area contributed by atoms with E-state index < -0.39 is 28.5 Å². The van der Waals surface area contributed by atoms with Gasteiger partial charge in [-0.15, -0.1) is 0 Å². The first-order chi connectivity index (χ1) is 19.5. The molecule has 0 bridgehead atoms. The van der Waals surface area contributed by atoms with Gasteiger partial charge >= 0.3 is 0 Å². The zero-order chi connectivity index (χ0) is 30.2. The third kappa shape index (κ3) is 7.88. The van der Waals surface area contributed by atoms with Crippen molar-refractivity contribution in [2.45, 2.75) is 71.0 Å². The predicted octanol–water partition coefficient (Wildman–Crippen LogP) is 5.23. The fraction of sp³-hybridized carbons (Fsp3) is 0.375. The average Bonchev–Trinajstić information content (AvgIpc) is 2.96. The fourth-order valence-electron chi connectivity index (χ4n) is 4.46. The van der Waals surface area contributed by atoms with Crippen LogP contribution in [0.4, 0.5) is 5.69 Å². The third-order valence-corrected chi connectivity index (χ3v) is 9.01. The first-order valence-corrected chi connectivity index (χ1v) is 15.3. The summed E-state index contributed by atoms with van der Waals surface area (Å²) in [6.45, 7) is 9.22. The molecule has 2 amide bonds. The summed E-state index contributed by atoms with van der Waals surface area (Å²) >= 11 is 0. The minimum Gasteiger partial charge on any atom is -0.497 e. The molecule has 0 fully saturated rings. The van der Waals surface area contributed by atoms with Gasteiger partial charge in [-0.05, 0) is 69.0 Å². The number of hydrogen-bond donors (Lipinski definition) is 1. The number of carbonyl (C=O) groups is 2. The van der Waals surface area contributed by atoms with Crippen LogP contribution in [-0.2, 0) is 26.2 Å². The predicted molar refractivity (Wildman–Crippen MR) is 162 cm³/mol. The van der Waals surface area contributed by atoms with E-state index in [-0.39, 0.29) is 29.1 Å². The smallest absolute Gasteiger partial charge is 0.264 e. The van der Waals surface area contributed by atoms with Gasteiger partial charge < -0.3 is 15.0 Å². The molecule has 0 aliphatic carbocycles. The van der Waals surface area contributed by atoms with Gasteiger partial charge in [-0.3, -0.25) is 13.9 Å². The Bertz CT molecular complexity index is 1440. The lowest BCUT2D eigenvalue weighted by Gasteiger charge is -2.34. The molecule has 41 heavy (non-hydrogen) atoms. The van der Waals surface area contributed by atoms with Crippen LogP contribution in [0.1, 0.15) is 50.3 Å². The molecular weight excluding hydrogens is 538 g/mol. The number of anilines is 1. The number of amides is 2. The Kier molecular flexibility index (Phi) is 10.9. The lowest BCUT2D eigenvalue weighted by atomic mass is 10.1. The maximum absolute atomic E-state index is 14.2. The van der Waals surface area contributed by atoms with Crippen LogP contribution in [0.2, 0.25) is 0 Å². The van der Waals surface area contributed by atoms with E-state index in [2.05, 4.69) is 5.32 Å². The molecule has 2 atom stereocenters. The molecule has 0 unspecified atom stereocenters. The molecule has 0 saturated carbocycles. The van der Waals surface area contributed by atoms with Crippen molar-refractivity contribution in [1.29, 1.82) is 0 Å². The summed E-state index contributed by atoms with van der Waals surface area (Å²) in [7, 11) is -2.66. The Hall–Kier alpha value is -3.85. The normalized spacial score (nSPS) is 12.7. The van der Waals surface area contributed by atoms with Crippen molar-refractivity contribution in [2.75, 3.05) is 18.0 Å². The summed E-state index contributed by atoms with van der Waals surface area (Å²) in [5.74, 6) is -0.300. The summed E-state index contributed by atoms with van der Waals surface area (Å²) in [4.78, 5) is 29.2. The van der Waals surface area contributed by atoms with Crippen LogP contribution >= 0.6 is 0 Å². The molecule has 0 aliphatic heterocycles. The van der Waals surface area contributed by atoms with E-state index in [9.17, 15) is 18.0 Å². The fourth-order valence-corrected chi connectivity index (χ4v) is 5.87. The number of rotatable bonds is 13. The highest BCUT2D eigenvalue weighted by Crippen LogP contribution is 2.28. The van der Waals surface area contributed by atoms with Crippen molar-refractivity contribution in [3.8, 4) is 5.75 Å². The van der Waals surface area contributed by atoms with Gasteiger partial charge in [-0.25, -0.2) is 8.42 Å². The van der Waals surface area contributed by atoms with E-state index in [0.29, 0.717) is 12.2 Å². The highest BCUT2D eigenvalue weighted by atomic mass is 32.2. The van der Waals surface area contributed by atoms with Gasteiger partial charge in [-0.1, -0.05) is 61.9 Å². The summed E-state index contributed by atoms with van der Waals surface area (Å²) in [6.07, 6.45) is 1.11. The van der Waals surface area contributed by atoms with Crippen LogP contribution in [0.5, 0.6) is 5.75 Å². The third-order valence-electron chi connectivity index (χ3n) is 7.22. The number of sulfonamides is 1. The van der Waals surface area contributed by atoms with Gasteiger partial charge in [0.05, 0.1) is 17.7 Å². The van der Waals surface area contributed by atoms with Crippen molar-refractivity contribution in [3.63, 3.8) is 0 Å². The molecule has 9 heteroatoms. The molecule has 0 heterocycles. The van der Waals surface area contributed by atoms with E-state index in [1.165, 1.54) is 24.1 Å². The van der Waals surface area contributed by atoms with Crippen molar-refractivity contribution in [3.05, 3.63) is 89.5 Å². The first-order valence-electron chi connectivity index (χ1n) is 13.9. The van der Waals surface area contributed by atoms with E-state index >= 15 is 0 Å². The van der Waals surface area contributed by atoms with Crippen LogP contribution in [0.3, 0.4) is 0 Å². The molecule has 0 aliphatic rings. The number of nitrogens with one attached hydrogen (secondary N) is 1. The Labute approximate surface area is 244 Å². The molecule has 3 rings (SSSR count). The van der Waals surface area contributed by atoms with Crippen LogP contribution in [0, 0.1) is 13.8 Å². The zero-order valence-electron chi connectivity index (χ0n) is 24.8. The highest BCUT2D eigenvalue weighted by Gasteiger charge is 2.34. The maximum Gasteiger partial charge on any atom is 0.264 e. The van der Waals surface area contributed by atoms with Crippen molar-refractivity contribution < 1.29 is 22.7 Å². The van der Waals surface area contributed by atoms with Crippen molar-refractivity contribution >= 4 is 27.5 Å². The van der Waals surface area contributed by atoms with Crippen molar-refractivity contribution in [1.82, 2.24) is 10.2 Å². The number of benzene rings is 3. The highest BCUT2D eigenvalue weighted by molar-refractivity contribution is 7.92. The molecular formula is C32H41N3O5S. The summed E-state index contributed by atoms with van der Waals surface area (Å²) in [5.41, 5.74) is 3.05. The Morgan fingerprint density at radius 2 is 1.61 bits per heavy atom. The quantitative estimate of drug-likeness (QED) is 0.299. The number of hydrogen-bond acceptors (Lipinski definition) is 5. The lowest BCUT2D eigenvalue weighted by Crippen LogP contribution is -2.53. The summed E-state index contributed by atoms with van der Waals surface area (Å²) in [5, 5.41) is 3.00. The van der Waals surface area contributed by atoms with E-state index in [1.54, 1.807) is 36.4 Å². The minimum absolute atomic E-state index is 0.0609. The molecule has 1 N–H and O–H groups in total. The van der Waals surface area contributed by atoms with Crippen LogP contribution < -0.4 is 14.4 Å². The second-order valence-corrected chi connectivity index (χ2v) is 12.1. The largest absolute Gasteiger partial charge is 0.497 e. The Balaban J connectivity index is 2.09. The molecule has 8 nitrogen and oxygen atoms in total. The van der Waals surface area contributed by atoms with Gasteiger partial charge in [0.2, 0.25) is 11.8 Å². The maximum atomic E-state index is 14.2. The molecule has 0 saturated heterocycles. The van der Waals surface area contributed by atoms with Crippen molar-refractivity contribution in [2.24, 2.45) is 0 Å². The molecule has 3 aromatic carbocycles. The van der Waals surface area contributed by atoms with Gasteiger partial charge in [0, 0.05) is 18.7 Å². The first kappa shape index (κ1) is 31.7. The number of aryl methyl sites for hydroxylation is 2. The molecule has 0 spiro atoms. The van der Waals surface area contributed by atoms with E-state index in [4.69, 9.17) is 4.74 Å². The number of nitrogens with zero attached hydrogens (tertiary/aromatic N) is 2. The van der Waals surface area contributed by atoms with Crippen LogP contribution in [-0.4, -0.2) is 50.9 Å². The second-order valence-electron chi connectivity index (χ2n) is 10.2. The second kappa shape index (κ2) is 14.2. The average molecular weight is 580 g/mol. The summed E-state index contributed by atoms with van der Waals surface area (Å²) in [6, 6.07) is 19.9. The molecule has 0 radical (unpaired) electrons. The van der Waals surface area contributed by atoms with E-state index in [1.807, 2.05) is 58.9 Å². The SMILES string of the molecule is CC[C@H](C)NC(=O)[C@H](CC)N(Cc1ccccc1C)C(=O)CN(c1cccc(OC)c1)S(=O)(=O)c1ccc(C)cc1. The van der Waals surface area contributed by atoms with Gasteiger partial charge in [0.25, 0.3) is 10.0 Å². The minimum atomic E-state index is -4.15. The standard InChI is InChI=1S/C32H41N3O5S/c1-7-25(5)33-32(37)30(8-2)34(21-26-13-10-9-12-24(26)4)31(36)22-35(27-14-11-15-28(20-27)40-6)41(38,39)29-18-16-23(3)17-19-29/h9-20,25,30H,7-8,21-22H2,1-6H3,(H,33,37)/t25-,30-/m0/s1. The van der Waals surface area contributed by atoms with Gasteiger partial charge in [0.15, 0.2) is 0 Å². The topological polar surface area (TPSA) is 96.0 Å². The monoisotopic (exact) mass is 579 g/mol. The number of carbonyl (C=O) groups excluding carboxylic acids is 2.